The number of hydrogen-bond donors (Lipinski definition) is 2. The van der Waals surface area contributed by atoms with Gasteiger partial charge in [0.15, 0.2) is 6.10 Å². The Hall–Kier alpha value is -3.41. The molecule has 6 heteroatoms. The number of hydrogen-bond acceptors (Lipinski definition) is 4. The van der Waals surface area contributed by atoms with E-state index in [1.54, 1.807) is 6.08 Å². The highest BCUT2D eigenvalue weighted by molar-refractivity contribution is 5.96. The van der Waals surface area contributed by atoms with E-state index in [4.69, 9.17) is 4.74 Å². The second-order valence-corrected chi connectivity index (χ2v) is 6.40. The number of carbonyl (C=O) groups excluding carboxylic acids is 3. The zero-order valence-electron chi connectivity index (χ0n) is 16.2. The van der Waals surface area contributed by atoms with Crippen LogP contribution in [-0.4, -0.2) is 30.4 Å². The van der Waals surface area contributed by atoms with Gasteiger partial charge in [-0.25, -0.2) is 0 Å². The Kier molecular flexibility index (Phi) is 7.51. The van der Waals surface area contributed by atoms with Crippen molar-refractivity contribution in [2.24, 2.45) is 0 Å². The lowest BCUT2D eigenvalue weighted by atomic mass is 10.1. The molecule has 0 aliphatic rings. The van der Waals surface area contributed by atoms with Crippen LogP contribution in [0, 0.1) is 13.8 Å². The second-order valence-electron chi connectivity index (χ2n) is 6.40. The molecule has 0 bridgehead atoms. The van der Waals surface area contributed by atoms with Gasteiger partial charge in [-0.2, -0.15) is 0 Å². The summed E-state index contributed by atoms with van der Waals surface area (Å²) in [7, 11) is 0. The van der Waals surface area contributed by atoms with Crippen LogP contribution in [0.25, 0.3) is 6.08 Å². The van der Waals surface area contributed by atoms with Gasteiger partial charge in [-0.15, -0.1) is 0 Å². The van der Waals surface area contributed by atoms with Crippen molar-refractivity contribution in [3.63, 3.8) is 0 Å². The van der Waals surface area contributed by atoms with Crippen molar-refractivity contribution in [1.29, 1.82) is 0 Å². The summed E-state index contributed by atoms with van der Waals surface area (Å²) in [6.45, 7) is 4.96. The number of carbonyl (C=O) groups is 3. The van der Waals surface area contributed by atoms with Crippen molar-refractivity contribution >= 4 is 29.5 Å². The summed E-state index contributed by atoms with van der Waals surface area (Å²) in [5.41, 5.74) is 3.47. The fraction of sp³-hybridized carbons (Fsp3) is 0.227. The predicted molar refractivity (Wildman–Crippen MR) is 109 cm³/mol. The normalized spacial score (nSPS) is 11.7. The standard InChI is InChI=1S/C22H24N2O4/c1-15-9-10-16(2)19(13-15)24-22(27)17(3)28-21(26)14-23-20(25)12-11-18-7-5-4-6-8-18/h4-13,17H,14H2,1-3H3,(H,23,25)(H,24,27)/b12-11+/t17-/m0/s1. The molecule has 0 radical (unpaired) electrons. The molecule has 0 fully saturated rings. The maximum absolute atomic E-state index is 12.2. The molecular weight excluding hydrogens is 356 g/mol. The molecular formula is C22H24N2O4. The van der Waals surface area contributed by atoms with Gasteiger partial charge in [-0.05, 0) is 49.6 Å². The van der Waals surface area contributed by atoms with Crippen molar-refractivity contribution < 1.29 is 19.1 Å². The molecule has 0 unspecified atom stereocenters. The lowest BCUT2D eigenvalue weighted by Crippen LogP contribution is -2.35. The quantitative estimate of drug-likeness (QED) is 0.571. The lowest BCUT2D eigenvalue weighted by molar-refractivity contribution is -0.152. The van der Waals surface area contributed by atoms with Crippen LogP contribution in [0.1, 0.15) is 23.6 Å². The Balaban J connectivity index is 1.78. The van der Waals surface area contributed by atoms with Gasteiger partial charge in [-0.3, -0.25) is 14.4 Å². The highest BCUT2D eigenvalue weighted by atomic mass is 16.5. The van der Waals surface area contributed by atoms with E-state index in [0.29, 0.717) is 5.69 Å². The van der Waals surface area contributed by atoms with Crippen molar-refractivity contribution in [2.45, 2.75) is 26.9 Å². The zero-order chi connectivity index (χ0) is 20.5. The summed E-state index contributed by atoms with van der Waals surface area (Å²) in [5, 5.41) is 5.18. The first kappa shape index (κ1) is 20.9. The highest BCUT2D eigenvalue weighted by Gasteiger charge is 2.18. The van der Waals surface area contributed by atoms with E-state index in [9.17, 15) is 14.4 Å². The minimum atomic E-state index is -0.982. The van der Waals surface area contributed by atoms with Gasteiger partial charge in [0.25, 0.3) is 5.91 Å². The molecule has 0 heterocycles. The van der Waals surface area contributed by atoms with Crippen LogP contribution in [0.3, 0.4) is 0 Å². The number of nitrogens with one attached hydrogen (secondary N) is 2. The number of benzene rings is 2. The van der Waals surface area contributed by atoms with Crippen molar-refractivity contribution in [1.82, 2.24) is 5.32 Å². The van der Waals surface area contributed by atoms with Gasteiger partial charge >= 0.3 is 5.97 Å². The predicted octanol–water partition coefficient (Wildman–Crippen LogP) is 3.00. The summed E-state index contributed by atoms with van der Waals surface area (Å²) in [6.07, 6.45) is 1.99. The van der Waals surface area contributed by atoms with Gasteiger partial charge in [0, 0.05) is 11.8 Å². The Morgan fingerprint density at radius 2 is 1.79 bits per heavy atom. The van der Waals surface area contributed by atoms with E-state index in [2.05, 4.69) is 10.6 Å². The molecule has 0 aliphatic heterocycles. The molecule has 1 atom stereocenters. The molecule has 0 saturated heterocycles. The van der Waals surface area contributed by atoms with Gasteiger partial charge in [0.1, 0.15) is 6.54 Å². The summed E-state index contributed by atoms with van der Waals surface area (Å²) in [5.74, 6) is -1.55. The Labute approximate surface area is 164 Å². The van der Waals surface area contributed by atoms with Gasteiger partial charge in [0.2, 0.25) is 5.91 Å². The molecule has 0 aromatic heterocycles. The summed E-state index contributed by atoms with van der Waals surface area (Å²) in [4.78, 5) is 35.9. The molecule has 2 aromatic carbocycles. The third-order valence-electron chi connectivity index (χ3n) is 3.96. The number of ether oxygens (including phenoxy) is 1. The summed E-state index contributed by atoms with van der Waals surface area (Å²) in [6, 6.07) is 15.0. The molecule has 6 nitrogen and oxygen atoms in total. The monoisotopic (exact) mass is 380 g/mol. The van der Waals surface area contributed by atoms with Crippen molar-refractivity contribution in [2.75, 3.05) is 11.9 Å². The summed E-state index contributed by atoms with van der Waals surface area (Å²) < 4.78 is 5.08. The van der Waals surface area contributed by atoms with E-state index in [-0.39, 0.29) is 6.54 Å². The fourth-order valence-electron chi connectivity index (χ4n) is 2.35. The van der Waals surface area contributed by atoms with Crippen molar-refractivity contribution in [3.8, 4) is 0 Å². The maximum atomic E-state index is 12.2. The lowest BCUT2D eigenvalue weighted by Gasteiger charge is -2.15. The third kappa shape index (κ3) is 6.72. The molecule has 2 aromatic rings. The van der Waals surface area contributed by atoms with Crippen LogP contribution in [0.15, 0.2) is 54.6 Å². The molecule has 0 saturated carbocycles. The molecule has 2 N–H and O–H groups in total. The smallest absolute Gasteiger partial charge is 0.326 e. The first-order chi connectivity index (χ1) is 13.3. The second kappa shape index (κ2) is 10.1. The van der Waals surface area contributed by atoms with Crippen molar-refractivity contribution in [3.05, 3.63) is 71.3 Å². The van der Waals surface area contributed by atoms with E-state index in [0.717, 1.165) is 16.7 Å². The number of aryl methyl sites for hydroxylation is 2. The van der Waals surface area contributed by atoms with Crippen LogP contribution in [-0.2, 0) is 19.1 Å². The Bertz CT molecular complexity index is 875. The molecule has 2 amide bonds. The number of rotatable bonds is 7. The molecule has 0 spiro atoms. The van der Waals surface area contributed by atoms with Gasteiger partial charge < -0.3 is 15.4 Å². The van der Waals surface area contributed by atoms with Gasteiger partial charge in [-0.1, -0.05) is 42.5 Å². The van der Waals surface area contributed by atoms with E-state index in [1.807, 2.05) is 62.4 Å². The van der Waals surface area contributed by atoms with Crippen LogP contribution in [0.4, 0.5) is 5.69 Å². The van der Waals surface area contributed by atoms with Gasteiger partial charge in [0.05, 0.1) is 0 Å². The van der Waals surface area contributed by atoms with Crippen LogP contribution in [0.2, 0.25) is 0 Å². The number of esters is 1. The molecule has 28 heavy (non-hydrogen) atoms. The average molecular weight is 380 g/mol. The zero-order valence-corrected chi connectivity index (χ0v) is 16.2. The Morgan fingerprint density at radius 3 is 2.50 bits per heavy atom. The number of amides is 2. The largest absolute Gasteiger partial charge is 0.451 e. The van der Waals surface area contributed by atoms with Crippen LogP contribution >= 0.6 is 0 Å². The molecule has 0 aliphatic carbocycles. The maximum Gasteiger partial charge on any atom is 0.326 e. The topological polar surface area (TPSA) is 84.5 Å². The molecule has 2 rings (SSSR count). The first-order valence-corrected chi connectivity index (χ1v) is 8.93. The Morgan fingerprint density at radius 1 is 1.07 bits per heavy atom. The average Bonchev–Trinajstić information content (AvgIpc) is 2.68. The highest BCUT2D eigenvalue weighted by Crippen LogP contribution is 2.16. The van der Waals surface area contributed by atoms with E-state index >= 15 is 0 Å². The first-order valence-electron chi connectivity index (χ1n) is 8.93. The fourth-order valence-corrected chi connectivity index (χ4v) is 2.35. The summed E-state index contributed by atoms with van der Waals surface area (Å²) >= 11 is 0. The van der Waals surface area contributed by atoms with Crippen LogP contribution in [0.5, 0.6) is 0 Å². The minimum Gasteiger partial charge on any atom is -0.451 e. The minimum absolute atomic E-state index is 0.320. The molecule has 146 valence electrons. The number of anilines is 1. The van der Waals surface area contributed by atoms with Crippen LogP contribution < -0.4 is 10.6 Å². The van der Waals surface area contributed by atoms with E-state index < -0.39 is 23.9 Å². The van der Waals surface area contributed by atoms with E-state index in [1.165, 1.54) is 13.0 Å². The third-order valence-corrected chi connectivity index (χ3v) is 3.96. The SMILES string of the molecule is Cc1ccc(C)c(NC(=O)[C@H](C)OC(=O)CNC(=O)/C=C/c2ccccc2)c1.